The zero-order chi connectivity index (χ0) is 20.3. The summed E-state index contributed by atoms with van der Waals surface area (Å²) in [5.41, 5.74) is 3.52. The highest BCUT2D eigenvalue weighted by molar-refractivity contribution is 6.62. The average Bonchev–Trinajstić information content (AvgIpc) is 2.83. The lowest BCUT2D eigenvalue weighted by Crippen LogP contribution is -2.41. The van der Waals surface area contributed by atoms with E-state index < -0.39 is 18.3 Å². The Bertz CT molecular complexity index is 1120. The van der Waals surface area contributed by atoms with Gasteiger partial charge in [-0.3, -0.25) is 9.36 Å². The smallest absolute Gasteiger partial charge is 0.399 e. The topological polar surface area (TPSA) is 53.4 Å². The maximum Gasteiger partial charge on any atom is 0.495 e. The van der Waals surface area contributed by atoms with E-state index in [1.54, 1.807) is 10.9 Å². The molecule has 0 bridgehead atoms. The van der Waals surface area contributed by atoms with Crippen LogP contribution < -0.4 is 11.0 Å². The molecular formula is C22H25BN2O3. The molecule has 144 valence electrons. The van der Waals surface area contributed by atoms with E-state index in [-0.39, 0.29) is 5.56 Å². The molecule has 1 fully saturated rings. The van der Waals surface area contributed by atoms with Crippen molar-refractivity contribution in [1.82, 2.24) is 9.55 Å². The molecule has 0 radical (unpaired) electrons. The van der Waals surface area contributed by atoms with Gasteiger partial charge in [-0.1, -0.05) is 18.2 Å². The minimum atomic E-state index is -0.475. The molecule has 28 heavy (non-hydrogen) atoms. The third kappa shape index (κ3) is 2.88. The molecule has 1 saturated heterocycles. The molecule has 1 aliphatic rings. The van der Waals surface area contributed by atoms with Crippen LogP contribution in [0.5, 0.6) is 0 Å². The highest BCUT2D eigenvalue weighted by Crippen LogP contribution is 2.36. The average molecular weight is 376 g/mol. The molecule has 1 aliphatic heterocycles. The third-order valence-corrected chi connectivity index (χ3v) is 6.03. The number of fused-ring (bicyclic) bond motifs is 1. The summed E-state index contributed by atoms with van der Waals surface area (Å²) in [6.07, 6.45) is 1.60. The summed E-state index contributed by atoms with van der Waals surface area (Å²) in [6.45, 7) is 12.1. The van der Waals surface area contributed by atoms with Gasteiger partial charge in [-0.15, -0.1) is 0 Å². The molecule has 0 spiro atoms. The molecule has 2 aromatic carbocycles. The largest absolute Gasteiger partial charge is 0.495 e. The molecule has 6 heteroatoms. The van der Waals surface area contributed by atoms with E-state index in [2.05, 4.69) is 4.98 Å². The molecule has 5 nitrogen and oxygen atoms in total. The van der Waals surface area contributed by atoms with E-state index in [1.165, 1.54) is 0 Å². The van der Waals surface area contributed by atoms with Crippen LogP contribution in [0.15, 0.2) is 47.5 Å². The number of aromatic nitrogens is 2. The molecule has 2 heterocycles. The normalized spacial score (nSPS) is 18.0. The fraction of sp³-hybridized carbons (Fsp3) is 0.364. The van der Waals surface area contributed by atoms with Gasteiger partial charge in [-0.25, -0.2) is 4.98 Å². The lowest BCUT2D eigenvalue weighted by Gasteiger charge is -2.32. The predicted octanol–water partition coefficient (Wildman–Crippen LogP) is 3.30. The van der Waals surface area contributed by atoms with Crippen molar-refractivity contribution in [3.63, 3.8) is 0 Å². The molecule has 0 unspecified atom stereocenters. The summed E-state index contributed by atoms with van der Waals surface area (Å²) in [6, 6.07) is 11.5. The zero-order valence-corrected chi connectivity index (χ0v) is 17.2. The maximum absolute atomic E-state index is 13.1. The first kappa shape index (κ1) is 18.9. The van der Waals surface area contributed by atoms with Crippen molar-refractivity contribution in [1.29, 1.82) is 0 Å². The van der Waals surface area contributed by atoms with Gasteiger partial charge in [-0.05, 0) is 76.3 Å². The molecule has 1 aromatic heterocycles. The highest BCUT2D eigenvalue weighted by Gasteiger charge is 2.52. The van der Waals surface area contributed by atoms with Crippen LogP contribution >= 0.6 is 0 Å². The Morgan fingerprint density at radius 3 is 2.36 bits per heavy atom. The molecule has 0 aliphatic carbocycles. The number of benzene rings is 2. The minimum Gasteiger partial charge on any atom is -0.399 e. The van der Waals surface area contributed by atoms with Gasteiger partial charge < -0.3 is 9.31 Å². The molecule has 0 amide bonds. The molecule has 0 saturated carbocycles. The van der Waals surface area contributed by atoms with Gasteiger partial charge in [0.15, 0.2) is 0 Å². The Kier molecular flexibility index (Phi) is 4.25. The minimum absolute atomic E-state index is 0.0841. The Labute approximate surface area is 165 Å². The fourth-order valence-electron chi connectivity index (χ4n) is 3.53. The van der Waals surface area contributed by atoms with Gasteiger partial charge in [0.25, 0.3) is 5.56 Å². The van der Waals surface area contributed by atoms with Crippen LogP contribution in [0.25, 0.3) is 16.6 Å². The summed E-state index contributed by atoms with van der Waals surface area (Å²) in [5.74, 6) is 0. The summed E-state index contributed by atoms with van der Waals surface area (Å²) in [7, 11) is -0.475. The van der Waals surface area contributed by atoms with Crippen molar-refractivity contribution in [3.8, 4) is 5.69 Å². The summed E-state index contributed by atoms with van der Waals surface area (Å²) in [5, 5.41) is 0.605. The van der Waals surface area contributed by atoms with Crippen molar-refractivity contribution < 1.29 is 9.31 Å². The quantitative estimate of drug-likeness (QED) is 0.644. The predicted molar refractivity (Wildman–Crippen MR) is 113 cm³/mol. The number of nitrogens with zero attached hydrogens (tertiary/aromatic N) is 2. The van der Waals surface area contributed by atoms with Crippen molar-refractivity contribution >= 4 is 23.5 Å². The van der Waals surface area contributed by atoms with Crippen molar-refractivity contribution in [2.24, 2.45) is 0 Å². The summed E-state index contributed by atoms with van der Waals surface area (Å²) >= 11 is 0. The second-order valence-corrected chi connectivity index (χ2v) is 8.52. The van der Waals surface area contributed by atoms with E-state index in [0.29, 0.717) is 10.9 Å². The Balaban J connectivity index is 1.82. The number of hydrogen-bond donors (Lipinski definition) is 0. The standard InChI is InChI=1S/C22H25BN2O3/c1-14-10-11-16-18(12-14)24-13-25(20(16)26)19-9-7-8-17(15(19)2)23-27-21(3,4)22(5,6)28-23/h7-13H,1-6H3. The van der Waals surface area contributed by atoms with E-state index in [0.717, 1.165) is 22.3 Å². The second kappa shape index (κ2) is 6.29. The van der Waals surface area contributed by atoms with Crippen LogP contribution in [0.2, 0.25) is 0 Å². The van der Waals surface area contributed by atoms with E-state index in [4.69, 9.17) is 9.31 Å². The van der Waals surface area contributed by atoms with E-state index in [9.17, 15) is 4.79 Å². The van der Waals surface area contributed by atoms with E-state index in [1.807, 2.05) is 77.9 Å². The monoisotopic (exact) mass is 376 g/mol. The van der Waals surface area contributed by atoms with Gasteiger partial charge in [0.05, 0.1) is 27.8 Å². The van der Waals surface area contributed by atoms with Gasteiger partial charge in [0.2, 0.25) is 0 Å². The fourth-order valence-corrected chi connectivity index (χ4v) is 3.53. The Hall–Kier alpha value is -2.44. The Morgan fingerprint density at radius 2 is 1.68 bits per heavy atom. The second-order valence-electron chi connectivity index (χ2n) is 8.52. The first-order valence-electron chi connectivity index (χ1n) is 9.54. The Morgan fingerprint density at radius 1 is 1.00 bits per heavy atom. The SMILES string of the molecule is Cc1ccc2c(=O)n(-c3cccc(B4OC(C)(C)C(C)(C)O4)c3C)cnc2c1. The van der Waals surface area contributed by atoms with Crippen LogP contribution in [-0.4, -0.2) is 27.9 Å². The number of rotatable bonds is 2. The van der Waals surface area contributed by atoms with Gasteiger partial charge in [0, 0.05) is 0 Å². The maximum atomic E-state index is 13.1. The van der Waals surface area contributed by atoms with Crippen LogP contribution in [0.3, 0.4) is 0 Å². The van der Waals surface area contributed by atoms with Crippen LogP contribution in [-0.2, 0) is 9.31 Å². The molecule has 0 N–H and O–H groups in total. The molecule has 0 atom stereocenters. The van der Waals surface area contributed by atoms with Gasteiger partial charge in [-0.2, -0.15) is 0 Å². The molecule has 4 rings (SSSR count). The van der Waals surface area contributed by atoms with Crippen LogP contribution in [0.1, 0.15) is 38.8 Å². The summed E-state index contributed by atoms with van der Waals surface area (Å²) in [4.78, 5) is 17.6. The first-order valence-corrected chi connectivity index (χ1v) is 9.54. The lowest BCUT2D eigenvalue weighted by molar-refractivity contribution is 0.00578. The van der Waals surface area contributed by atoms with Crippen molar-refractivity contribution in [3.05, 3.63) is 64.2 Å². The summed E-state index contributed by atoms with van der Waals surface area (Å²) < 4.78 is 14.0. The van der Waals surface area contributed by atoms with Crippen molar-refractivity contribution in [2.45, 2.75) is 52.7 Å². The van der Waals surface area contributed by atoms with Gasteiger partial charge in [0.1, 0.15) is 6.33 Å². The van der Waals surface area contributed by atoms with Gasteiger partial charge >= 0.3 is 7.12 Å². The first-order chi connectivity index (χ1) is 13.1. The van der Waals surface area contributed by atoms with E-state index >= 15 is 0 Å². The number of hydrogen-bond acceptors (Lipinski definition) is 4. The van der Waals surface area contributed by atoms with Crippen molar-refractivity contribution in [2.75, 3.05) is 0 Å². The highest BCUT2D eigenvalue weighted by atomic mass is 16.7. The zero-order valence-electron chi connectivity index (χ0n) is 17.2. The van der Waals surface area contributed by atoms with Crippen LogP contribution in [0, 0.1) is 13.8 Å². The third-order valence-electron chi connectivity index (χ3n) is 6.03. The number of aryl methyl sites for hydroxylation is 1. The molecular weight excluding hydrogens is 351 g/mol. The molecule has 3 aromatic rings. The lowest BCUT2D eigenvalue weighted by atomic mass is 9.76. The van der Waals surface area contributed by atoms with Crippen LogP contribution in [0.4, 0.5) is 0 Å².